The zero-order valence-corrected chi connectivity index (χ0v) is 15.1. The molecule has 2 N–H and O–H groups in total. The van der Waals surface area contributed by atoms with E-state index in [0.29, 0.717) is 22.7 Å². The number of anilines is 1. The van der Waals surface area contributed by atoms with Gasteiger partial charge in [0.25, 0.3) is 0 Å². The first-order valence-electron chi connectivity index (χ1n) is 8.74. The summed E-state index contributed by atoms with van der Waals surface area (Å²) in [6, 6.07) is 7.35. The largest absolute Gasteiger partial charge is 0.324 e. The number of hydrogen-bond acceptors (Lipinski definition) is 4. The molecule has 1 atom stereocenters. The van der Waals surface area contributed by atoms with E-state index in [9.17, 15) is 4.79 Å². The summed E-state index contributed by atoms with van der Waals surface area (Å²) in [7, 11) is 0. The molecule has 1 aromatic carbocycles. The van der Waals surface area contributed by atoms with E-state index in [1.54, 1.807) is 6.07 Å². The number of hydrogen-bond donors (Lipinski definition) is 2. The van der Waals surface area contributed by atoms with Gasteiger partial charge in [0.1, 0.15) is 0 Å². The Morgan fingerprint density at radius 2 is 1.96 bits per heavy atom. The highest BCUT2D eigenvalue weighted by Crippen LogP contribution is 2.26. The average Bonchev–Trinajstić information content (AvgIpc) is 2.98. The van der Waals surface area contributed by atoms with E-state index in [0.717, 1.165) is 45.8 Å². The van der Waals surface area contributed by atoms with Crippen LogP contribution in [-0.2, 0) is 4.79 Å². The minimum Gasteiger partial charge on any atom is -0.324 e. The number of piperazine rings is 1. The Morgan fingerprint density at radius 1 is 1.25 bits per heavy atom. The van der Waals surface area contributed by atoms with Crippen molar-refractivity contribution in [3.63, 3.8) is 0 Å². The molecule has 0 radical (unpaired) electrons. The molecule has 24 heavy (non-hydrogen) atoms. The first-order valence-corrected chi connectivity index (χ1v) is 9.12. The third-order valence-corrected chi connectivity index (χ3v) is 5.37. The van der Waals surface area contributed by atoms with Crippen molar-refractivity contribution in [2.24, 2.45) is 5.41 Å². The van der Waals surface area contributed by atoms with Gasteiger partial charge >= 0.3 is 0 Å². The van der Waals surface area contributed by atoms with Crippen LogP contribution in [0.15, 0.2) is 24.3 Å². The first-order chi connectivity index (χ1) is 11.5. The molecule has 1 aromatic rings. The summed E-state index contributed by atoms with van der Waals surface area (Å²) < 4.78 is 0. The van der Waals surface area contributed by atoms with E-state index in [1.807, 2.05) is 18.2 Å². The highest BCUT2D eigenvalue weighted by molar-refractivity contribution is 6.33. The number of rotatable bonds is 5. The molecule has 2 aliphatic heterocycles. The molecule has 3 rings (SSSR count). The van der Waals surface area contributed by atoms with Crippen LogP contribution in [0, 0.1) is 5.41 Å². The Bertz CT molecular complexity index is 566. The van der Waals surface area contributed by atoms with Crippen LogP contribution in [0.5, 0.6) is 0 Å². The second kappa shape index (κ2) is 7.83. The second-order valence-electron chi connectivity index (χ2n) is 7.32. The first kappa shape index (κ1) is 17.7. The third kappa shape index (κ3) is 4.70. The summed E-state index contributed by atoms with van der Waals surface area (Å²) in [5.74, 6) is 0.00325. The fourth-order valence-corrected chi connectivity index (χ4v) is 3.79. The van der Waals surface area contributed by atoms with Gasteiger partial charge in [-0.05, 0) is 30.5 Å². The van der Waals surface area contributed by atoms with Gasteiger partial charge in [-0.3, -0.25) is 9.69 Å². The quantitative estimate of drug-likeness (QED) is 0.851. The van der Waals surface area contributed by atoms with Crippen molar-refractivity contribution in [1.82, 2.24) is 15.1 Å². The highest BCUT2D eigenvalue weighted by atomic mass is 35.5. The van der Waals surface area contributed by atoms with Crippen LogP contribution in [0.25, 0.3) is 0 Å². The van der Waals surface area contributed by atoms with Crippen LogP contribution >= 0.6 is 11.6 Å². The normalized spacial score (nSPS) is 25.8. The highest BCUT2D eigenvalue weighted by Gasteiger charge is 2.31. The second-order valence-corrected chi connectivity index (χ2v) is 7.72. The lowest BCUT2D eigenvalue weighted by Crippen LogP contribution is -2.51. The van der Waals surface area contributed by atoms with Crippen LogP contribution < -0.4 is 10.6 Å². The molecule has 2 heterocycles. The molecule has 1 amide bonds. The summed E-state index contributed by atoms with van der Waals surface area (Å²) in [6.45, 7) is 10.2. The molecule has 0 aliphatic carbocycles. The minimum absolute atomic E-state index is 0.00325. The zero-order valence-electron chi connectivity index (χ0n) is 14.4. The SMILES string of the molecule is CC1(CN2CCN(CC(=O)Nc3ccccc3Cl)CC2)CCNC1. The number of benzene rings is 1. The minimum atomic E-state index is 0.00325. The molecule has 6 heteroatoms. The van der Waals surface area contributed by atoms with Gasteiger partial charge in [0, 0.05) is 39.3 Å². The molecule has 0 bridgehead atoms. The molecule has 5 nitrogen and oxygen atoms in total. The zero-order chi connectivity index (χ0) is 17.0. The summed E-state index contributed by atoms with van der Waals surface area (Å²) in [6.07, 6.45) is 1.26. The Labute approximate surface area is 149 Å². The van der Waals surface area contributed by atoms with E-state index < -0.39 is 0 Å². The summed E-state index contributed by atoms with van der Waals surface area (Å²) in [5.41, 5.74) is 1.09. The average molecular weight is 351 g/mol. The fraction of sp³-hybridized carbons (Fsp3) is 0.611. The molecule has 0 spiro atoms. The van der Waals surface area contributed by atoms with E-state index in [1.165, 1.54) is 6.42 Å². The number of halogens is 1. The third-order valence-electron chi connectivity index (χ3n) is 5.04. The molecule has 2 saturated heterocycles. The lowest BCUT2D eigenvalue weighted by Gasteiger charge is -2.38. The van der Waals surface area contributed by atoms with Crippen molar-refractivity contribution in [1.29, 1.82) is 0 Å². The number of nitrogens with one attached hydrogen (secondary N) is 2. The summed E-state index contributed by atoms with van der Waals surface area (Å²) in [5, 5.41) is 6.94. The van der Waals surface area contributed by atoms with Gasteiger partial charge in [0.2, 0.25) is 5.91 Å². The van der Waals surface area contributed by atoms with Crippen LogP contribution in [0.3, 0.4) is 0 Å². The van der Waals surface area contributed by atoms with Crippen molar-refractivity contribution in [2.45, 2.75) is 13.3 Å². The van der Waals surface area contributed by atoms with Crippen LogP contribution in [0.2, 0.25) is 5.02 Å². The molecule has 2 aliphatic rings. The molecular weight excluding hydrogens is 324 g/mol. The topological polar surface area (TPSA) is 47.6 Å². The maximum atomic E-state index is 12.2. The number of carbonyl (C=O) groups is 1. The van der Waals surface area contributed by atoms with E-state index >= 15 is 0 Å². The van der Waals surface area contributed by atoms with Gasteiger partial charge in [0.05, 0.1) is 17.3 Å². The van der Waals surface area contributed by atoms with Crippen molar-refractivity contribution >= 4 is 23.2 Å². The monoisotopic (exact) mass is 350 g/mol. The smallest absolute Gasteiger partial charge is 0.238 e. The standard InChI is InChI=1S/C18H27ClN4O/c1-18(6-7-20-13-18)14-23-10-8-22(9-11-23)12-17(24)21-16-5-3-2-4-15(16)19/h2-5,20H,6-14H2,1H3,(H,21,24). The number of nitrogens with zero attached hydrogens (tertiary/aromatic N) is 2. The van der Waals surface area contributed by atoms with E-state index in [-0.39, 0.29) is 5.91 Å². The van der Waals surface area contributed by atoms with Crippen LogP contribution in [0.1, 0.15) is 13.3 Å². The van der Waals surface area contributed by atoms with Crippen molar-refractivity contribution in [3.8, 4) is 0 Å². The van der Waals surface area contributed by atoms with E-state index in [2.05, 4.69) is 27.4 Å². The molecular formula is C18H27ClN4O. The van der Waals surface area contributed by atoms with Crippen molar-refractivity contribution in [2.75, 3.05) is 57.7 Å². The van der Waals surface area contributed by atoms with Crippen molar-refractivity contribution < 1.29 is 4.79 Å². The van der Waals surface area contributed by atoms with Crippen LogP contribution in [-0.4, -0.2) is 68.1 Å². The van der Waals surface area contributed by atoms with Gasteiger partial charge < -0.3 is 15.5 Å². The molecule has 2 fully saturated rings. The molecule has 0 saturated carbocycles. The molecule has 1 unspecified atom stereocenters. The number of para-hydroxylation sites is 1. The van der Waals surface area contributed by atoms with Gasteiger partial charge in [-0.1, -0.05) is 30.7 Å². The maximum Gasteiger partial charge on any atom is 0.238 e. The van der Waals surface area contributed by atoms with E-state index in [4.69, 9.17) is 11.6 Å². The predicted molar refractivity (Wildman–Crippen MR) is 98.6 cm³/mol. The predicted octanol–water partition coefficient (Wildman–Crippen LogP) is 1.90. The van der Waals surface area contributed by atoms with Gasteiger partial charge in [-0.2, -0.15) is 0 Å². The Kier molecular flexibility index (Phi) is 5.76. The number of carbonyl (C=O) groups excluding carboxylic acids is 1. The molecule has 0 aromatic heterocycles. The molecule has 132 valence electrons. The van der Waals surface area contributed by atoms with Crippen molar-refractivity contribution in [3.05, 3.63) is 29.3 Å². The Balaban J connectivity index is 1.42. The van der Waals surface area contributed by atoms with Gasteiger partial charge in [0.15, 0.2) is 0 Å². The number of amides is 1. The lowest BCUT2D eigenvalue weighted by atomic mass is 9.89. The lowest BCUT2D eigenvalue weighted by molar-refractivity contribution is -0.117. The fourth-order valence-electron chi connectivity index (χ4n) is 3.60. The van der Waals surface area contributed by atoms with Gasteiger partial charge in [-0.25, -0.2) is 0 Å². The maximum absolute atomic E-state index is 12.2. The Hall–Kier alpha value is -1.14. The van der Waals surface area contributed by atoms with Crippen LogP contribution in [0.4, 0.5) is 5.69 Å². The Morgan fingerprint density at radius 3 is 2.62 bits per heavy atom. The van der Waals surface area contributed by atoms with Gasteiger partial charge in [-0.15, -0.1) is 0 Å². The summed E-state index contributed by atoms with van der Waals surface area (Å²) >= 11 is 6.08. The summed E-state index contributed by atoms with van der Waals surface area (Å²) in [4.78, 5) is 17.0.